The molecule has 1 amide bonds. The van der Waals surface area contributed by atoms with E-state index in [0.717, 1.165) is 12.4 Å². The normalized spacial score (nSPS) is 20.4. The van der Waals surface area contributed by atoms with Gasteiger partial charge in [0.15, 0.2) is 0 Å². The van der Waals surface area contributed by atoms with Gasteiger partial charge >= 0.3 is 6.18 Å². The Morgan fingerprint density at radius 3 is 2.46 bits per heavy atom. The lowest BCUT2D eigenvalue weighted by atomic mass is 10.0. The second kappa shape index (κ2) is 10.2. The summed E-state index contributed by atoms with van der Waals surface area (Å²) in [7, 11) is 0. The monoisotopic (exact) mass is 496 g/mol. The fourth-order valence-electron chi connectivity index (χ4n) is 4.26. The van der Waals surface area contributed by atoms with Crippen LogP contribution in [-0.4, -0.2) is 75.5 Å². The number of halogens is 3. The van der Waals surface area contributed by atoms with Gasteiger partial charge in [-0.2, -0.15) is 18.3 Å². The van der Waals surface area contributed by atoms with E-state index in [2.05, 4.69) is 20.2 Å². The highest BCUT2D eigenvalue weighted by atomic mass is 19.4. The van der Waals surface area contributed by atoms with Crippen molar-refractivity contribution in [3.63, 3.8) is 0 Å². The third kappa shape index (κ3) is 5.72. The van der Waals surface area contributed by atoms with Crippen LogP contribution in [-0.2, 0) is 15.7 Å². The maximum Gasteiger partial charge on any atom is 0.419 e. The molecule has 2 aromatic rings. The number of ether oxygens (including phenoxy) is 2. The minimum atomic E-state index is -4.47. The minimum Gasteiger partial charge on any atom is -0.486 e. The molecule has 0 aromatic carbocycles. The van der Waals surface area contributed by atoms with E-state index in [4.69, 9.17) is 9.47 Å². The quantitative estimate of drug-likeness (QED) is 0.619. The summed E-state index contributed by atoms with van der Waals surface area (Å²) in [4.78, 5) is 35.9. The number of carbonyl (C=O) groups excluding carboxylic acids is 1. The summed E-state index contributed by atoms with van der Waals surface area (Å²) in [5.41, 5.74) is -0.787. The Hall–Kier alpha value is -3.22. The fourth-order valence-corrected chi connectivity index (χ4v) is 4.26. The predicted molar refractivity (Wildman–Crippen MR) is 118 cm³/mol. The van der Waals surface area contributed by atoms with Crippen LogP contribution in [0.3, 0.4) is 0 Å². The van der Waals surface area contributed by atoms with Crippen LogP contribution in [0, 0.1) is 6.92 Å². The molecule has 2 aromatic heterocycles. The molecule has 0 spiro atoms. The molecule has 0 unspecified atom stereocenters. The first kappa shape index (κ1) is 24.9. The van der Waals surface area contributed by atoms with Crippen LogP contribution in [0.4, 0.5) is 19.1 Å². The summed E-state index contributed by atoms with van der Waals surface area (Å²) in [5, 5.41) is 6.06. The maximum absolute atomic E-state index is 12.9. The second-order valence-electron chi connectivity index (χ2n) is 8.75. The molecule has 0 radical (unpaired) electrons. The van der Waals surface area contributed by atoms with Gasteiger partial charge < -0.3 is 19.3 Å². The molecule has 1 N–H and O–H groups in total. The molecular formula is C22H27F3N6O4. The molecule has 2 atom stereocenters. The van der Waals surface area contributed by atoms with Gasteiger partial charge in [-0.15, -0.1) is 0 Å². The molecule has 0 aliphatic carbocycles. The van der Waals surface area contributed by atoms with E-state index in [1.165, 1.54) is 6.20 Å². The third-order valence-corrected chi connectivity index (χ3v) is 6.26. The number of hydrogen-bond donors (Lipinski definition) is 1. The number of anilines is 1. The van der Waals surface area contributed by atoms with Crippen LogP contribution in [0.5, 0.6) is 5.75 Å². The van der Waals surface area contributed by atoms with Crippen LogP contribution in [0.25, 0.3) is 0 Å². The van der Waals surface area contributed by atoms with Gasteiger partial charge in [0.2, 0.25) is 5.95 Å². The SMILES string of the molecule is Cc1c(O[C@@H](C)CO[C@@H]2CCN(C3CCN(c4ncc(C(F)(F)F)cn4)CC3)C2=O)cn[nH]c1=O. The van der Waals surface area contributed by atoms with Crippen molar-refractivity contribution in [3.8, 4) is 5.75 Å². The Bertz CT molecular complexity index is 1090. The van der Waals surface area contributed by atoms with Crippen molar-refractivity contribution in [1.82, 2.24) is 25.1 Å². The Kier molecular flexibility index (Phi) is 7.24. The zero-order chi connectivity index (χ0) is 25.2. The summed E-state index contributed by atoms with van der Waals surface area (Å²) in [6, 6.07) is 0.0280. The lowest BCUT2D eigenvalue weighted by Crippen LogP contribution is -2.47. The van der Waals surface area contributed by atoms with E-state index in [1.807, 2.05) is 9.80 Å². The maximum atomic E-state index is 12.9. The molecule has 2 saturated heterocycles. The van der Waals surface area contributed by atoms with Crippen LogP contribution in [0.15, 0.2) is 23.4 Å². The van der Waals surface area contributed by atoms with Gasteiger partial charge in [-0.1, -0.05) is 0 Å². The van der Waals surface area contributed by atoms with Crippen molar-refractivity contribution in [2.75, 3.05) is 31.1 Å². The molecule has 2 fully saturated rings. The third-order valence-electron chi connectivity index (χ3n) is 6.26. The van der Waals surface area contributed by atoms with Crippen LogP contribution >= 0.6 is 0 Å². The van der Waals surface area contributed by atoms with Gasteiger partial charge in [0.25, 0.3) is 11.5 Å². The fraction of sp³-hybridized carbons (Fsp3) is 0.591. The number of aromatic amines is 1. The summed E-state index contributed by atoms with van der Waals surface area (Å²) >= 11 is 0. The number of aromatic nitrogens is 4. The molecule has 2 aliphatic rings. The molecule has 4 rings (SSSR count). The molecule has 10 nitrogen and oxygen atoms in total. The molecule has 35 heavy (non-hydrogen) atoms. The molecular weight excluding hydrogens is 469 g/mol. The lowest BCUT2D eigenvalue weighted by molar-refractivity contribution is -0.140. The van der Waals surface area contributed by atoms with E-state index >= 15 is 0 Å². The number of H-pyrrole nitrogens is 1. The van der Waals surface area contributed by atoms with Crippen LogP contribution in [0.2, 0.25) is 0 Å². The highest BCUT2D eigenvalue weighted by molar-refractivity contribution is 5.83. The first-order valence-electron chi connectivity index (χ1n) is 11.4. The smallest absolute Gasteiger partial charge is 0.419 e. The summed E-state index contributed by atoms with van der Waals surface area (Å²) < 4.78 is 49.7. The minimum absolute atomic E-state index is 0.0280. The molecule has 4 heterocycles. The van der Waals surface area contributed by atoms with Crippen LogP contribution in [0.1, 0.15) is 37.3 Å². The van der Waals surface area contributed by atoms with Gasteiger partial charge in [0.05, 0.1) is 23.9 Å². The Morgan fingerprint density at radius 2 is 1.80 bits per heavy atom. The summed E-state index contributed by atoms with van der Waals surface area (Å²) in [6.45, 7) is 5.27. The number of likely N-dealkylation sites (tertiary alicyclic amines) is 1. The van der Waals surface area contributed by atoms with Crippen molar-refractivity contribution in [2.24, 2.45) is 0 Å². The number of nitrogens with one attached hydrogen (secondary N) is 1. The Morgan fingerprint density at radius 1 is 1.11 bits per heavy atom. The molecule has 0 bridgehead atoms. The van der Waals surface area contributed by atoms with E-state index in [0.29, 0.717) is 50.2 Å². The van der Waals surface area contributed by atoms with Gasteiger partial charge in [-0.3, -0.25) is 9.59 Å². The van der Waals surface area contributed by atoms with E-state index in [-0.39, 0.29) is 36.2 Å². The lowest BCUT2D eigenvalue weighted by Gasteiger charge is -2.36. The predicted octanol–water partition coefficient (Wildman–Crippen LogP) is 1.94. The number of amides is 1. The zero-order valence-corrected chi connectivity index (χ0v) is 19.4. The Balaban J connectivity index is 1.24. The molecule has 13 heteroatoms. The molecule has 190 valence electrons. The van der Waals surface area contributed by atoms with Gasteiger partial charge in [0, 0.05) is 44.5 Å². The number of carbonyl (C=O) groups is 1. The second-order valence-corrected chi connectivity index (χ2v) is 8.75. The number of hydrogen-bond acceptors (Lipinski definition) is 8. The van der Waals surface area contributed by atoms with Crippen molar-refractivity contribution in [2.45, 2.75) is 57.5 Å². The summed E-state index contributed by atoms with van der Waals surface area (Å²) in [5.74, 6) is 0.550. The van der Waals surface area contributed by atoms with Crippen molar-refractivity contribution >= 4 is 11.9 Å². The molecule has 0 saturated carbocycles. The van der Waals surface area contributed by atoms with Crippen molar-refractivity contribution < 1.29 is 27.4 Å². The topological polar surface area (TPSA) is 114 Å². The van der Waals surface area contributed by atoms with Crippen LogP contribution < -0.4 is 15.2 Å². The number of rotatable bonds is 7. The zero-order valence-electron chi connectivity index (χ0n) is 19.4. The van der Waals surface area contributed by atoms with Gasteiger partial charge in [-0.05, 0) is 26.7 Å². The largest absolute Gasteiger partial charge is 0.486 e. The van der Waals surface area contributed by atoms with Gasteiger partial charge in [-0.25, -0.2) is 15.1 Å². The van der Waals surface area contributed by atoms with Crippen molar-refractivity contribution in [3.05, 3.63) is 40.1 Å². The highest BCUT2D eigenvalue weighted by Crippen LogP contribution is 2.29. The van der Waals surface area contributed by atoms with E-state index < -0.39 is 17.8 Å². The number of alkyl halides is 3. The van der Waals surface area contributed by atoms with Crippen molar-refractivity contribution in [1.29, 1.82) is 0 Å². The van der Waals surface area contributed by atoms with E-state index in [1.54, 1.807) is 13.8 Å². The number of nitrogens with zero attached hydrogens (tertiary/aromatic N) is 5. The average molecular weight is 496 g/mol. The number of piperidine rings is 1. The first-order chi connectivity index (χ1) is 16.6. The highest BCUT2D eigenvalue weighted by Gasteiger charge is 2.38. The molecule has 2 aliphatic heterocycles. The van der Waals surface area contributed by atoms with E-state index in [9.17, 15) is 22.8 Å². The summed E-state index contributed by atoms with van der Waals surface area (Å²) in [6.07, 6.45) is -0.508. The van der Waals surface area contributed by atoms with Gasteiger partial charge in [0.1, 0.15) is 18.0 Å². The average Bonchev–Trinajstić information content (AvgIpc) is 3.20. The first-order valence-corrected chi connectivity index (χ1v) is 11.4. The Labute approximate surface area is 199 Å². The standard InChI is InChI=1S/C22H27F3N6O4/c1-13(35-18-11-28-29-19(32)14(18)2)12-34-17-5-8-31(20(17)33)16-3-6-30(7-4-16)21-26-9-15(10-27-21)22(23,24)25/h9-11,13,16-17H,3-8,12H2,1-2H3,(H,29,32)/t13-,17+/m0/s1.